The first kappa shape index (κ1) is 10.2. The molecule has 0 aliphatic heterocycles. The van der Waals surface area contributed by atoms with Crippen molar-refractivity contribution in [2.24, 2.45) is 0 Å². The lowest BCUT2D eigenvalue weighted by Gasteiger charge is -2.08. The van der Waals surface area contributed by atoms with E-state index in [2.05, 4.69) is 0 Å². The first-order valence-electron chi connectivity index (χ1n) is 5.67. The minimum absolute atomic E-state index is 0.357. The van der Waals surface area contributed by atoms with Gasteiger partial charge in [-0.2, -0.15) is 0 Å². The lowest BCUT2D eigenvalue weighted by molar-refractivity contribution is 0.343. The zero-order valence-electron chi connectivity index (χ0n) is 9.28. The zero-order valence-corrected chi connectivity index (χ0v) is 9.28. The molecule has 3 rings (SSSR count). The van der Waals surface area contributed by atoms with Gasteiger partial charge in [-0.25, -0.2) is 4.39 Å². The molecule has 1 unspecified atom stereocenters. The van der Waals surface area contributed by atoms with E-state index >= 15 is 0 Å². The predicted octanol–water partition coefficient (Wildman–Crippen LogP) is 3.67. The fraction of sp³-hybridized carbons (Fsp3) is 0.133. The average molecular weight is 225 g/mol. The third kappa shape index (κ3) is 1.57. The van der Waals surface area contributed by atoms with Crippen LogP contribution >= 0.6 is 0 Å². The van der Waals surface area contributed by atoms with Gasteiger partial charge in [0.05, 0.1) is 5.71 Å². The van der Waals surface area contributed by atoms with Crippen LogP contribution in [0.25, 0.3) is 0 Å². The van der Waals surface area contributed by atoms with Crippen molar-refractivity contribution in [2.75, 3.05) is 0 Å². The normalized spacial score (nSPS) is 18.2. The highest BCUT2D eigenvalue weighted by atomic mass is 19.1. The van der Waals surface area contributed by atoms with Crippen LogP contribution in [0.4, 0.5) is 4.39 Å². The molecule has 1 atom stereocenters. The Hall–Kier alpha value is -1.96. The number of hydrogen-bond acceptors (Lipinski definition) is 1. The van der Waals surface area contributed by atoms with Crippen LogP contribution in [0.2, 0.25) is 0 Å². The summed E-state index contributed by atoms with van der Waals surface area (Å²) in [6, 6.07) is 14.9. The van der Waals surface area contributed by atoms with Crippen LogP contribution in [0.3, 0.4) is 0 Å². The topological polar surface area (TPSA) is 23.9 Å². The summed E-state index contributed by atoms with van der Waals surface area (Å²) in [5.41, 5.74) is 3.54. The maximum absolute atomic E-state index is 14.2. The first-order chi connectivity index (χ1) is 8.27. The Balaban J connectivity index is 2.26. The molecule has 2 aromatic rings. The highest BCUT2D eigenvalue weighted by Gasteiger charge is 2.24. The second kappa shape index (κ2) is 3.81. The van der Waals surface area contributed by atoms with Crippen molar-refractivity contribution >= 4 is 5.71 Å². The van der Waals surface area contributed by atoms with Gasteiger partial charge in [0, 0.05) is 17.5 Å². The summed E-state index contributed by atoms with van der Waals surface area (Å²) in [7, 11) is 0. The van der Waals surface area contributed by atoms with E-state index in [4.69, 9.17) is 5.41 Å². The lowest BCUT2D eigenvalue weighted by Crippen LogP contribution is -2.03. The van der Waals surface area contributed by atoms with Crippen molar-refractivity contribution in [2.45, 2.75) is 12.6 Å². The third-order valence-corrected chi connectivity index (χ3v) is 3.25. The van der Waals surface area contributed by atoms with Gasteiger partial charge >= 0.3 is 0 Å². The van der Waals surface area contributed by atoms with Crippen molar-refractivity contribution in [3.05, 3.63) is 70.8 Å². The molecule has 84 valence electrons. The molecule has 0 saturated heterocycles. The summed E-state index contributed by atoms with van der Waals surface area (Å²) >= 11 is 0. The molecule has 0 aromatic heterocycles. The van der Waals surface area contributed by atoms with Crippen molar-refractivity contribution in [3.63, 3.8) is 0 Å². The summed E-state index contributed by atoms with van der Waals surface area (Å²) in [5, 5.41) is 8.22. The van der Waals surface area contributed by atoms with E-state index in [1.807, 2.05) is 42.5 Å². The highest BCUT2D eigenvalue weighted by molar-refractivity contribution is 6.13. The Kier molecular flexibility index (Phi) is 2.29. The molecule has 1 nitrogen and oxygen atoms in total. The molecule has 0 amide bonds. The number of benzene rings is 2. The van der Waals surface area contributed by atoms with E-state index in [9.17, 15) is 4.39 Å². The summed E-state index contributed by atoms with van der Waals surface area (Å²) in [6.07, 6.45) is -0.662. The largest absolute Gasteiger partial charge is 0.300 e. The number of fused-ring (bicyclic) bond motifs is 2. The maximum Gasteiger partial charge on any atom is 0.130 e. The molecule has 1 aliphatic rings. The van der Waals surface area contributed by atoms with E-state index in [0.29, 0.717) is 23.3 Å². The van der Waals surface area contributed by atoms with Crippen LogP contribution < -0.4 is 0 Å². The Bertz CT molecular complexity index is 589. The third-order valence-electron chi connectivity index (χ3n) is 3.25. The van der Waals surface area contributed by atoms with Gasteiger partial charge in [0.25, 0.3) is 0 Å². The van der Waals surface area contributed by atoms with Crippen molar-refractivity contribution in [1.29, 1.82) is 5.41 Å². The molecule has 2 aromatic carbocycles. The molecule has 0 fully saturated rings. The molecular weight excluding hydrogens is 213 g/mol. The van der Waals surface area contributed by atoms with Gasteiger partial charge in [-0.1, -0.05) is 48.5 Å². The van der Waals surface area contributed by atoms with Crippen molar-refractivity contribution in [3.8, 4) is 0 Å². The van der Waals surface area contributed by atoms with Gasteiger partial charge in [0.15, 0.2) is 0 Å². The fourth-order valence-electron chi connectivity index (χ4n) is 2.39. The highest BCUT2D eigenvalue weighted by Crippen LogP contribution is 2.32. The molecule has 17 heavy (non-hydrogen) atoms. The number of rotatable bonds is 0. The van der Waals surface area contributed by atoms with E-state index in [-0.39, 0.29) is 0 Å². The number of nitrogens with one attached hydrogen (secondary N) is 1. The van der Waals surface area contributed by atoms with Crippen LogP contribution in [-0.4, -0.2) is 5.71 Å². The van der Waals surface area contributed by atoms with Crippen LogP contribution in [0.5, 0.6) is 0 Å². The second-order valence-electron chi connectivity index (χ2n) is 4.29. The van der Waals surface area contributed by atoms with Gasteiger partial charge in [-0.3, -0.25) is 5.41 Å². The number of alkyl halides is 1. The monoisotopic (exact) mass is 225 g/mol. The molecule has 0 radical (unpaired) electrons. The molecule has 2 heteroatoms. The SMILES string of the molecule is N=C1c2ccccc2CC(F)c2ccccc21. The van der Waals surface area contributed by atoms with Gasteiger partial charge < -0.3 is 0 Å². The summed E-state index contributed by atoms with van der Waals surface area (Å²) in [6.45, 7) is 0. The predicted molar refractivity (Wildman–Crippen MR) is 66.4 cm³/mol. The van der Waals surface area contributed by atoms with Crippen LogP contribution in [-0.2, 0) is 6.42 Å². The van der Waals surface area contributed by atoms with E-state index in [1.165, 1.54) is 0 Å². The van der Waals surface area contributed by atoms with Crippen LogP contribution in [0.1, 0.15) is 28.4 Å². The Morgan fingerprint density at radius 1 is 0.941 bits per heavy atom. The molecule has 0 spiro atoms. The lowest BCUT2D eigenvalue weighted by atomic mass is 9.98. The minimum atomic E-state index is -1.02. The average Bonchev–Trinajstić information content (AvgIpc) is 2.48. The smallest absolute Gasteiger partial charge is 0.130 e. The Morgan fingerprint density at radius 3 is 2.41 bits per heavy atom. The first-order valence-corrected chi connectivity index (χ1v) is 5.67. The van der Waals surface area contributed by atoms with Crippen molar-refractivity contribution < 1.29 is 4.39 Å². The Labute approximate surface area is 99.4 Å². The number of halogens is 1. The number of hydrogen-bond donors (Lipinski definition) is 1. The summed E-state index contributed by atoms with van der Waals surface area (Å²) < 4.78 is 14.2. The molecule has 0 heterocycles. The van der Waals surface area contributed by atoms with Gasteiger partial charge in [-0.05, 0) is 11.1 Å². The van der Waals surface area contributed by atoms with E-state index in [1.54, 1.807) is 6.07 Å². The van der Waals surface area contributed by atoms with Gasteiger partial charge in [0.1, 0.15) is 6.17 Å². The Morgan fingerprint density at radius 2 is 1.59 bits per heavy atom. The fourth-order valence-corrected chi connectivity index (χ4v) is 2.39. The standard InChI is InChI=1S/C15H12FN/c16-14-9-10-5-1-2-6-11(10)15(17)13-8-4-3-7-12(13)14/h1-8,14,17H,9H2. The quantitative estimate of drug-likeness (QED) is 0.707. The molecule has 1 N–H and O–H groups in total. The van der Waals surface area contributed by atoms with Gasteiger partial charge in [0.2, 0.25) is 0 Å². The van der Waals surface area contributed by atoms with E-state index < -0.39 is 6.17 Å². The minimum Gasteiger partial charge on any atom is -0.300 e. The summed E-state index contributed by atoms with van der Waals surface area (Å²) in [5.74, 6) is 0. The molecule has 0 bridgehead atoms. The zero-order chi connectivity index (χ0) is 11.8. The van der Waals surface area contributed by atoms with Crippen LogP contribution in [0, 0.1) is 5.41 Å². The second-order valence-corrected chi connectivity index (χ2v) is 4.29. The molecular formula is C15H12FN. The van der Waals surface area contributed by atoms with Crippen LogP contribution in [0.15, 0.2) is 48.5 Å². The van der Waals surface area contributed by atoms with E-state index in [0.717, 1.165) is 11.1 Å². The van der Waals surface area contributed by atoms with Gasteiger partial charge in [-0.15, -0.1) is 0 Å². The maximum atomic E-state index is 14.2. The summed E-state index contributed by atoms with van der Waals surface area (Å²) in [4.78, 5) is 0. The molecule has 0 saturated carbocycles. The molecule has 1 aliphatic carbocycles. The van der Waals surface area contributed by atoms with Crippen molar-refractivity contribution in [1.82, 2.24) is 0 Å².